The molecule has 0 saturated carbocycles. The molecule has 0 unspecified atom stereocenters. The van der Waals surface area contributed by atoms with E-state index in [-0.39, 0.29) is 0 Å². The second-order valence-electron chi connectivity index (χ2n) is 3.86. The van der Waals surface area contributed by atoms with Crippen LogP contribution in [0.1, 0.15) is 32.3 Å². The van der Waals surface area contributed by atoms with Crippen molar-refractivity contribution < 1.29 is 5.11 Å². The van der Waals surface area contributed by atoms with Crippen LogP contribution in [0.15, 0.2) is 18.2 Å². The highest BCUT2D eigenvalue weighted by Gasteiger charge is 2.22. The number of hydrogen-bond donors (Lipinski definition) is 1. The minimum absolute atomic E-state index is 0.545. The molecule has 1 aromatic carbocycles. The Labute approximate surface area is 101 Å². The Hall–Kier alpha value is -0.240. The Balaban J connectivity index is 2.85. The normalized spacial score (nSPS) is 11.8. The summed E-state index contributed by atoms with van der Waals surface area (Å²) in [5, 5.41) is 11.3. The third-order valence-electron chi connectivity index (χ3n) is 2.83. The van der Waals surface area contributed by atoms with Gasteiger partial charge in [-0.15, -0.1) is 0 Å². The van der Waals surface area contributed by atoms with Crippen molar-refractivity contribution in [2.24, 2.45) is 0 Å². The predicted molar refractivity (Wildman–Crippen MR) is 65.7 cm³/mol. The molecule has 0 atom stereocenters. The van der Waals surface area contributed by atoms with Gasteiger partial charge in [-0.25, -0.2) is 0 Å². The van der Waals surface area contributed by atoms with E-state index in [2.05, 4.69) is 0 Å². The minimum atomic E-state index is -0.628. The lowest BCUT2D eigenvalue weighted by molar-refractivity contribution is 0.0326. The van der Waals surface area contributed by atoms with Crippen molar-refractivity contribution >= 4 is 23.2 Å². The van der Waals surface area contributed by atoms with Gasteiger partial charge in [0.15, 0.2) is 0 Å². The molecule has 0 radical (unpaired) electrons. The average molecular weight is 247 g/mol. The van der Waals surface area contributed by atoms with Crippen LogP contribution >= 0.6 is 23.2 Å². The number of hydrogen-bond acceptors (Lipinski definition) is 1. The topological polar surface area (TPSA) is 20.2 Å². The second kappa shape index (κ2) is 5.20. The lowest BCUT2D eigenvalue weighted by Crippen LogP contribution is -2.29. The molecule has 15 heavy (non-hydrogen) atoms. The molecule has 0 fully saturated rings. The van der Waals surface area contributed by atoms with Gasteiger partial charge < -0.3 is 5.11 Å². The van der Waals surface area contributed by atoms with Crippen molar-refractivity contribution in [2.45, 2.75) is 38.7 Å². The van der Waals surface area contributed by atoms with Gasteiger partial charge in [0.25, 0.3) is 0 Å². The first kappa shape index (κ1) is 12.8. The van der Waals surface area contributed by atoms with Crippen LogP contribution in [0, 0.1) is 0 Å². The molecular weight excluding hydrogens is 231 g/mol. The van der Waals surface area contributed by atoms with Crippen LogP contribution in [0.25, 0.3) is 0 Å². The van der Waals surface area contributed by atoms with E-state index in [0.717, 1.165) is 18.4 Å². The minimum Gasteiger partial charge on any atom is -0.390 e. The quantitative estimate of drug-likeness (QED) is 0.849. The maximum atomic E-state index is 10.2. The summed E-state index contributed by atoms with van der Waals surface area (Å²) in [6, 6.07) is 5.50. The Morgan fingerprint density at radius 3 is 2.20 bits per heavy atom. The SMILES string of the molecule is CCC(O)(CC)Cc1ccc(Cl)c(Cl)c1. The van der Waals surface area contributed by atoms with E-state index in [1.807, 2.05) is 26.0 Å². The lowest BCUT2D eigenvalue weighted by atomic mass is 9.90. The first-order valence-corrected chi connectivity index (χ1v) is 5.92. The van der Waals surface area contributed by atoms with Crippen LogP contribution in [0.3, 0.4) is 0 Å². The lowest BCUT2D eigenvalue weighted by Gasteiger charge is -2.25. The molecular formula is C12H16Cl2O. The number of aliphatic hydroxyl groups is 1. The summed E-state index contributed by atoms with van der Waals surface area (Å²) in [4.78, 5) is 0. The molecule has 0 spiro atoms. The summed E-state index contributed by atoms with van der Waals surface area (Å²) in [5.41, 5.74) is 0.396. The van der Waals surface area contributed by atoms with Crippen molar-refractivity contribution in [1.29, 1.82) is 0 Å². The van der Waals surface area contributed by atoms with Crippen LogP contribution in [-0.2, 0) is 6.42 Å². The number of benzene rings is 1. The molecule has 0 aliphatic carbocycles. The van der Waals surface area contributed by atoms with Gasteiger partial charge in [-0.3, -0.25) is 0 Å². The van der Waals surface area contributed by atoms with E-state index in [4.69, 9.17) is 23.2 Å². The van der Waals surface area contributed by atoms with Gasteiger partial charge in [0, 0.05) is 6.42 Å². The van der Waals surface area contributed by atoms with Gasteiger partial charge in [-0.05, 0) is 30.5 Å². The molecule has 0 bridgehead atoms. The van der Waals surface area contributed by atoms with E-state index in [0.29, 0.717) is 16.5 Å². The van der Waals surface area contributed by atoms with E-state index in [9.17, 15) is 5.11 Å². The summed E-state index contributed by atoms with van der Waals surface area (Å²) in [7, 11) is 0. The molecule has 0 amide bonds. The zero-order chi connectivity index (χ0) is 11.5. The van der Waals surface area contributed by atoms with Crippen LogP contribution < -0.4 is 0 Å². The summed E-state index contributed by atoms with van der Waals surface area (Å²) in [6.45, 7) is 3.97. The molecule has 1 rings (SSSR count). The van der Waals surface area contributed by atoms with E-state index in [1.165, 1.54) is 0 Å². The fraction of sp³-hybridized carbons (Fsp3) is 0.500. The molecule has 1 aromatic rings. The molecule has 3 heteroatoms. The molecule has 84 valence electrons. The Morgan fingerprint density at radius 1 is 1.13 bits per heavy atom. The van der Waals surface area contributed by atoms with Gasteiger partial charge in [-0.1, -0.05) is 43.1 Å². The highest BCUT2D eigenvalue weighted by molar-refractivity contribution is 6.42. The van der Waals surface area contributed by atoms with E-state index >= 15 is 0 Å². The Morgan fingerprint density at radius 2 is 1.73 bits per heavy atom. The zero-order valence-corrected chi connectivity index (χ0v) is 10.6. The van der Waals surface area contributed by atoms with Gasteiger partial charge in [0.05, 0.1) is 15.6 Å². The third kappa shape index (κ3) is 3.37. The molecule has 1 nitrogen and oxygen atoms in total. The van der Waals surface area contributed by atoms with Crippen LogP contribution in [0.4, 0.5) is 0 Å². The van der Waals surface area contributed by atoms with Crippen LogP contribution in [0.2, 0.25) is 10.0 Å². The van der Waals surface area contributed by atoms with E-state index in [1.54, 1.807) is 6.07 Å². The average Bonchev–Trinajstić information content (AvgIpc) is 2.23. The largest absolute Gasteiger partial charge is 0.390 e. The van der Waals surface area contributed by atoms with Crippen molar-refractivity contribution in [2.75, 3.05) is 0 Å². The molecule has 1 N–H and O–H groups in total. The fourth-order valence-electron chi connectivity index (χ4n) is 1.53. The summed E-state index contributed by atoms with van der Waals surface area (Å²) < 4.78 is 0. The number of rotatable bonds is 4. The van der Waals surface area contributed by atoms with E-state index < -0.39 is 5.60 Å². The summed E-state index contributed by atoms with van der Waals surface area (Å²) >= 11 is 11.7. The molecule has 0 aliphatic heterocycles. The first-order chi connectivity index (χ1) is 7.00. The van der Waals surface area contributed by atoms with Gasteiger partial charge in [0.1, 0.15) is 0 Å². The standard InChI is InChI=1S/C12H16Cl2O/c1-3-12(15,4-2)8-9-5-6-10(13)11(14)7-9/h5-7,15H,3-4,8H2,1-2H3. The Bertz CT molecular complexity index is 332. The smallest absolute Gasteiger partial charge is 0.0682 e. The van der Waals surface area contributed by atoms with Crippen molar-refractivity contribution in [1.82, 2.24) is 0 Å². The summed E-state index contributed by atoms with van der Waals surface area (Å²) in [5.74, 6) is 0. The van der Waals surface area contributed by atoms with Crippen molar-refractivity contribution in [3.63, 3.8) is 0 Å². The van der Waals surface area contributed by atoms with Crippen LogP contribution in [-0.4, -0.2) is 10.7 Å². The van der Waals surface area contributed by atoms with Gasteiger partial charge in [-0.2, -0.15) is 0 Å². The van der Waals surface area contributed by atoms with Crippen molar-refractivity contribution in [3.8, 4) is 0 Å². The van der Waals surface area contributed by atoms with Gasteiger partial charge in [0.2, 0.25) is 0 Å². The second-order valence-corrected chi connectivity index (χ2v) is 4.67. The number of halogens is 2. The maximum Gasteiger partial charge on any atom is 0.0682 e. The summed E-state index contributed by atoms with van der Waals surface area (Å²) in [6.07, 6.45) is 2.10. The molecule has 0 heterocycles. The molecule has 0 aliphatic rings. The molecule has 0 saturated heterocycles. The first-order valence-electron chi connectivity index (χ1n) is 5.17. The fourth-order valence-corrected chi connectivity index (χ4v) is 1.85. The maximum absolute atomic E-state index is 10.2. The zero-order valence-electron chi connectivity index (χ0n) is 9.06. The predicted octanol–water partition coefficient (Wildman–Crippen LogP) is 4.09. The monoisotopic (exact) mass is 246 g/mol. The highest BCUT2D eigenvalue weighted by atomic mass is 35.5. The molecule has 0 aromatic heterocycles. The Kier molecular flexibility index (Phi) is 4.45. The van der Waals surface area contributed by atoms with Gasteiger partial charge >= 0.3 is 0 Å². The van der Waals surface area contributed by atoms with Crippen molar-refractivity contribution in [3.05, 3.63) is 33.8 Å². The van der Waals surface area contributed by atoms with Crippen LogP contribution in [0.5, 0.6) is 0 Å². The highest BCUT2D eigenvalue weighted by Crippen LogP contribution is 2.26. The third-order valence-corrected chi connectivity index (χ3v) is 3.57.